The van der Waals surface area contributed by atoms with E-state index in [2.05, 4.69) is 20.3 Å². The summed E-state index contributed by atoms with van der Waals surface area (Å²) in [6.45, 7) is 2.03. The third-order valence-electron chi connectivity index (χ3n) is 3.09. The third kappa shape index (κ3) is 3.40. The van der Waals surface area contributed by atoms with Gasteiger partial charge in [0.2, 0.25) is 10.0 Å². The Morgan fingerprint density at radius 3 is 2.57 bits per heavy atom. The summed E-state index contributed by atoms with van der Waals surface area (Å²) in [4.78, 5) is 11.6. The fourth-order valence-corrected chi connectivity index (χ4v) is 2.69. The Bertz CT molecular complexity index is 665. The van der Waals surface area contributed by atoms with Crippen LogP contribution in [0.3, 0.4) is 0 Å². The predicted molar refractivity (Wildman–Crippen MR) is 80.4 cm³/mol. The van der Waals surface area contributed by atoms with Gasteiger partial charge in [-0.1, -0.05) is 6.92 Å². The average Bonchev–Trinajstić information content (AvgIpc) is 2.99. The van der Waals surface area contributed by atoms with Crippen molar-refractivity contribution in [3.8, 4) is 0 Å². The van der Waals surface area contributed by atoms with Crippen LogP contribution in [0.4, 0.5) is 5.82 Å². The van der Waals surface area contributed by atoms with Crippen LogP contribution in [0.2, 0.25) is 0 Å². The van der Waals surface area contributed by atoms with Crippen molar-refractivity contribution in [2.45, 2.75) is 24.3 Å². The van der Waals surface area contributed by atoms with Gasteiger partial charge < -0.3 is 10.3 Å². The number of aromatic nitrogens is 3. The summed E-state index contributed by atoms with van der Waals surface area (Å²) in [6, 6.07) is 3.20. The molecule has 1 atom stereocenters. The van der Waals surface area contributed by atoms with Crippen LogP contribution in [-0.4, -0.2) is 41.8 Å². The van der Waals surface area contributed by atoms with E-state index >= 15 is 0 Å². The zero-order valence-electron chi connectivity index (χ0n) is 12.2. The SMILES string of the molecule is CCC(Nc1ccc(S(=O)(=O)N(C)C)cn1)c1ncc[nH]1. The number of aromatic amines is 1. The van der Waals surface area contributed by atoms with Crippen molar-refractivity contribution in [3.05, 3.63) is 36.5 Å². The zero-order chi connectivity index (χ0) is 15.5. The summed E-state index contributed by atoms with van der Waals surface area (Å²) < 4.78 is 25.1. The van der Waals surface area contributed by atoms with Crippen molar-refractivity contribution in [3.63, 3.8) is 0 Å². The van der Waals surface area contributed by atoms with Crippen LogP contribution in [0.15, 0.2) is 35.6 Å². The fraction of sp³-hybridized carbons (Fsp3) is 0.385. The van der Waals surface area contributed by atoms with Crippen LogP contribution in [0, 0.1) is 0 Å². The monoisotopic (exact) mass is 309 g/mol. The number of hydrogen-bond acceptors (Lipinski definition) is 5. The van der Waals surface area contributed by atoms with E-state index in [1.165, 1.54) is 20.3 Å². The van der Waals surface area contributed by atoms with Crippen molar-refractivity contribution in [2.75, 3.05) is 19.4 Å². The maximum absolute atomic E-state index is 12.0. The van der Waals surface area contributed by atoms with Gasteiger partial charge in [-0.2, -0.15) is 0 Å². The van der Waals surface area contributed by atoms with Gasteiger partial charge in [0.15, 0.2) is 0 Å². The van der Waals surface area contributed by atoms with E-state index in [0.29, 0.717) is 5.82 Å². The van der Waals surface area contributed by atoms with Crippen molar-refractivity contribution in [1.29, 1.82) is 0 Å². The Morgan fingerprint density at radius 1 is 1.33 bits per heavy atom. The lowest BCUT2D eigenvalue weighted by Gasteiger charge is -2.16. The second-order valence-electron chi connectivity index (χ2n) is 4.75. The standard InChI is InChI=1S/C13H19N5O2S/c1-4-11(13-14-7-8-15-13)17-12-6-5-10(9-16-12)21(19,20)18(2)3/h5-9,11H,4H2,1-3H3,(H,14,15)(H,16,17). The lowest BCUT2D eigenvalue weighted by molar-refractivity contribution is 0.520. The normalized spacial score (nSPS) is 13.3. The molecule has 0 aliphatic heterocycles. The highest BCUT2D eigenvalue weighted by Gasteiger charge is 2.18. The highest BCUT2D eigenvalue weighted by Crippen LogP contribution is 2.19. The van der Waals surface area contributed by atoms with Gasteiger partial charge in [-0.25, -0.2) is 22.7 Å². The number of imidazole rings is 1. The molecular formula is C13H19N5O2S. The molecule has 21 heavy (non-hydrogen) atoms. The summed E-state index contributed by atoms with van der Waals surface area (Å²) in [6.07, 6.45) is 5.64. The largest absolute Gasteiger partial charge is 0.360 e. The van der Waals surface area contributed by atoms with Crippen LogP contribution in [-0.2, 0) is 10.0 Å². The molecule has 0 saturated heterocycles. The second kappa shape index (κ2) is 6.23. The summed E-state index contributed by atoms with van der Waals surface area (Å²) in [5, 5.41) is 3.23. The molecule has 0 aliphatic rings. The first kappa shape index (κ1) is 15.5. The van der Waals surface area contributed by atoms with Gasteiger partial charge in [-0.15, -0.1) is 0 Å². The Hall–Kier alpha value is -1.93. The van der Waals surface area contributed by atoms with Gasteiger partial charge in [0.1, 0.15) is 16.5 Å². The van der Waals surface area contributed by atoms with E-state index < -0.39 is 10.0 Å². The first-order valence-corrected chi connectivity index (χ1v) is 8.03. The fourth-order valence-electron chi connectivity index (χ4n) is 1.84. The number of pyridine rings is 1. The van der Waals surface area contributed by atoms with Gasteiger partial charge in [-0.05, 0) is 18.6 Å². The Morgan fingerprint density at radius 2 is 2.10 bits per heavy atom. The predicted octanol–water partition coefficient (Wildman–Crippen LogP) is 1.62. The maximum atomic E-state index is 12.0. The van der Waals surface area contributed by atoms with E-state index in [9.17, 15) is 8.42 Å². The lowest BCUT2D eigenvalue weighted by atomic mass is 10.2. The van der Waals surface area contributed by atoms with Crippen molar-refractivity contribution >= 4 is 15.8 Å². The van der Waals surface area contributed by atoms with Crippen LogP contribution >= 0.6 is 0 Å². The van der Waals surface area contributed by atoms with Crippen molar-refractivity contribution < 1.29 is 8.42 Å². The van der Waals surface area contributed by atoms with Crippen LogP contribution in [0.5, 0.6) is 0 Å². The molecule has 0 fully saturated rings. The molecule has 1 unspecified atom stereocenters. The number of hydrogen-bond donors (Lipinski definition) is 2. The van der Waals surface area contributed by atoms with E-state index in [1.807, 2.05) is 6.92 Å². The van der Waals surface area contributed by atoms with Crippen molar-refractivity contribution in [2.24, 2.45) is 0 Å². The molecule has 2 aromatic rings. The molecule has 8 heteroatoms. The molecular weight excluding hydrogens is 290 g/mol. The topological polar surface area (TPSA) is 91.0 Å². The zero-order valence-corrected chi connectivity index (χ0v) is 13.1. The van der Waals surface area contributed by atoms with Gasteiger partial charge in [0, 0.05) is 32.7 Å². The molecule has 2 rings (SSSR count). The summed E-state index contributed by atoms with van der Waals surface area (Å²) in [5.41, 5.74) is 0. The van der Waals surface area contributed by atoms with E-state index in [1.54, 1.807) is 24.5 Å². The summed E-state index contributed by atoms with van der Waals surface area (Å²) in [7, 11) is -0.463. The quantitative estimate of drug-likeness (QED) is 0.846. The Labute approximate surface area is 124 Å². The molecule has 0 amide bonds. The average molecular weight is 309 g/mol. The molecule has 2 aromatic heterocycles. The molecule has 114 valence electrons. The number of sulfonamides is 1. The number of nitrogens with zero attached hydrogens (tertiary/aromatic N) is 3. The minimum Gasteiger partial charge on any atom is -0.360 e. The van der Waals surface area contributed by atoms with Gasteiger partial charge in [-0.3, -0.25) is 0 Å². The number of rotatable bonds is 6. The van der Waals surface area contributed by atoms with Crippen LogP contribution < -0.4 is 5.32 Å². The minimum absolute atomic E-state index is 0.00352. The summed E-state index contributed by atoms with van der Waals surface area (Å²) in [5.74, 6) is 1.43. The molecule has 0 spiro atoms. The first-order chi connectivity index (χ1) is 9.95. The Kier molecular flexibility index (Phi) is 4.59. The molecule has 2 N–H and O–H groups in total. The Balaban J connectivity index is 2.16. The molecule has 0 bridgehead atoms. The van der Waals surface area contributed by atoms with Crippen LogP contribution in [0.25, 0.3) is 0 Å². The summed E-state index contributed by atoms with van der Waals surface area (Å²) >= 11 is 0. The maximum Gasteiger partial charge on any atom is 0.244 e. The highest BCUT2D eigenvalue weighted by atomic mass is 32.2. The second-order valence-corrected chi connectivity index (χ2v) is 6.90. The van der Waals surface area contributed by atoms with Crippen molar-refractivity contribution in [1.82, 2.24) is 19.3 Å². The van der Waals surface area contributed by atoms with E-state index in [4.69, 9.17) is 0 Å². The van der Waals surface area contributed by atoms with E-state index in [-0.39, 0.29) is 10.9 Å². The minimum atomic E-state index is -3.45. The smallest absolute Gasteiger partial charge is 0.244 e. The molecule has 7 nitrogen and oxygen atoms in total. The third-order valence-corrected chi connectivity index (χ3v) is 4.89. The van der Waals surface area contributed by atoms with Gasteiger partial charge >= 0.3 is 0 Å². The number of H-pyrrole nitrogens is 1. The van der Waals surface area contributed by atoms with E-state index in [0.717, 1.165) is 16.6 Å². The molecule has 0 aromatic carbocycles. The number of nitrogens with one attached hydrogen (secondary N) is 2. The van der Waals surface area contributed by atoms with Gasteiger partial charge in [0.25, 0.3) is 0 Å². The molecule has 0 aliphatic carbocycles. The molecule has 2 heterocycles. The molecule has 0 saturated carbocycles. The number of anilines is 1. The van der Waals surface area contributed by atoms with Crippen LogP contribution in [0.1, 0.15) is 25.2 Å². The first-order valence-electron chi connectivity index (χ1n) is 6.59. The molecule has 0 radical (unpaired) electrons. The highest BCUT2D eigenvalue weighted by molar-refractivity contribution is 7.89. The van der Waals surface area contributed by atoms with Gasteiger partial charge in [0.05, 0.1) is 6.04 Å². The lowest BCUT2D eigenvalue weighted by Crippen LogP contribution is -2.22.